The Kier molecular flexibility index (Phi) is 2.45. The van der Waals surface area contributed by atoms with Crippen molar-refractivity contribution in [2.45, 2.75) is 57.0 Å². The van der Waals surface area contributed by atoms with Crippen LogP contribution in [0.1, 0.15) is 46.0 Å². The number of likely N-dealkylation sites (tertiary alicyclic amines) is 1. The largest absolute Gasteiger partial charge is 0.453 e. The van der Waals surface area contributed by atoms with Gasteiger partial charge < -0.3 is 15.0 Å². The fourth-order valence-corrected chi connectivity index (χ4v) is 3.63. The molecule has 19 heavy (non-hydrogen) atoms. The Morgan fingerprint density at radius 3 is 2.32 bits per heavy atom. The Labute approximate surface area is 113 Å². The van der Waals surface area contributed by atoms with Crippen LogP contribution in [0, 0.1) is 5.41 Å². The van der Waals surface area contributed by atoms with Crippen molar-refractivity contribution in [1.82, 2.24) is 10.2 Å². The summed E-state index contributed by atoms with van der Waals surface area (Å²) in [5.74, 6) is 0.0953. The third kappa shape index (κ3) is 1.66. The molecule has 3 aliphatic rings. The van der Waals surface area contributed by atoms with Gasteiger partial charge in [-0.2, -0.15) is 0 Å². The van der Waals surface area contributed by atoms with Crippen molar-refractivity contribution in [1.29, 1.82) is 0 Å². The molecule has 0 bridgehead atoms. The van der Waals surface area contributed by atoms with E-state index >= 15 is 0 Å². The standard InChI is InChI=1S/C14H22N2O3/c1-12(2)9-14(12,15-11(18)19-3)10(17)16-8-4-5-13(16)6-7-13/h4-9H2,1-3H3,(H,15,18). The van der Waals surface area contributed by atoms with Crippen LogP contribution in [0.4, 0.5) is 4.79 Å². The molecule has 1 atom stereocenters. The normalized spacial score (nSPS) is 33.1. The summed E-state index contributed by atoms with van der Waals surface area (Å²) in [7, 11) is 1.33. The van der Waals surface area contributed by atoms with Gasteiger partial charge >= 0.3 is 6.09 Å². The number of alkyl carbamates (subject to hydrolysis) is 1. The highest BCUT2D eigenvalue weighted by Crippen LogP contribution is 2.59. The second kappa shape index (κ2) is 3.64. The van der Waals surface area contributed by atoms with Crippen molar-refractivity contribution in [3.8, 4) is 0 Å². The smallest absolute Gasteiger partial charge is 0.407 e. The molecule has 1 saturated heterocycles. The molecule has 1 unspecified atom stereocenters. The number of carbonyl (C=O) groups is 2. The zero-order valence-corrected chi connectivity index (χ0v) is 11.9. The van der Waals surface area contributed by atoms with Crippen LogP contribution in [-0.4, -0.2) is 41.6 Å². The minimum absolute atomic E-state index is 0.0953. The zero-order chi connectivity index (χ0) is 13.9. The number of ether oxygens (including phenoxy) is 1. The summed E-state index contributed by atoms with van der Waals surface area (Å²) in [6.07, 6.45) is 4.62. The summed E-state index contributed by atoms with van der Waals surface area (Å²) in [5.41, 5.74) is -0.808. The summed E-state index contributed by atoms with van der Waals surface area (Å²) in [6, 6.07) is 0. The lowest BCUT2D eigenvalue weighted by molar-refractivity contribution is -0.137. The highest BCUT2D eigenvalue weighted by Gasteiger charge is 2.71. The van der Waals surface area contributed by atoms with Gasteiger partial charge in [-0.05, 0) is 37.5 Å². The molecular formula is C14H22N2O3. The lowest BCUT2D eigenvalue weighted by Crippen LogP contribution is -2.55. The predicted molar refractivity (Wildman–Crippen MR) is 69.6 cm³/mol. The minimum Gasteiger partial charge on any atom is -0.453 e. The first kappa shape index (κ1) is 12.8. The molecule has 1 spiro atoms. The Balaban J connectivity index is 1.82. The number of nitrogens with zero attached hydrogens (tertiary/aromatic N) is 1. The van der Waals surface area contributed by atoms with Crippen LogP contribution in [0.15, 0.2) is 0 Å². The van der Waals surface area contributed by atoms with Crippen LogP contribution < -0.4 is 5.32 Å². The SMILES string of the molecule is COC(=O)NC1(C(=O)N2CCCC23CC3)CC1(C)C. The monoisotopic (exact) mass is 266 g/mol. The number of amides is 2. The summed E-state index contributed by atoms with van der Waals surface area (Å²) >= 11 is 0. The number of nitrogens with one attached hydrogen (secondary N) is 1. The van der Waals surface area contributed by atoms with E-state index in [2.05, 4.69) is 10.1 Å². The fourth-order valence-electron chi connectivity index (χ4n) is 3.63. The summed E-state index contributed by atoms with van der Waals surface area (Å²) < 4.78 is 4.68. The third-order valence-corrected chi connectivity index (χ3v) is 5.27. The van der Waals surface area contributed by atoms with Crippen LogP contribution in [0.25, 0.3) is 0 Å². The van der Waals surface area contributed by atoms with Crippen LogP contribution in [-0.2, 0) is 9.53 Å². The molecule has 1 N–H and O–H groups in total. The van der Waals surface area contributed by atoms with Crippen LogP contribution in [0.3, 0.4) is 0 Å². The van der Waals surface area contributed by atoms with E-state index in [1.165, 1.54) is 7.11 Å². The number of hydrogen-bond acceptors (Lipinski definition) is 3. The second-order valence-electron chi connectivity index (χ2n) is 6.87. The molecule has 3 rings (SSSR count). The van der Waals surface area contributed by atoms with Gasteiger partial charge in [0.2, 0.25) is 5.91 Å². The maximum absolute atomic E-state index is 12.9. The Morgan fingerprint density at radius 2 is 1.84 bits per heavy atom. The van der Waals surface area contributed by atoms with E-state index in [9.17, 15) is 9.59 Å². The van der Waals surface area contributed by atoms with Gasteiger partial charge in [0.15, 0.2) is 0 Å². The van der Waals surface area contributed by atoms with E-state index in [1.807, 2.05) is 18.7 Å². The fraction of sp³-hybridized carbons (Fsp3) is 0.857. The first-order valence-electron chi connectivity index (χ1n) is 7.05. The molecule has 3 fully saturated rings. The lowest BCUT2D eigenvalue weighted by Gasteiger charge is -2.31. The number of methoxy groups -OCH3 is 1. The van der Waals surface area contributed by atoms with E-state index in [1.54, 1.807) is 0 Å². The molecule has 0 aromatic heterocycles. The van der Waals surface area contributed by atoms with Gasteiger partial charge in [-0.3, -0.25) is 4.79 Å². The van der Waals surface area contributed by atoms with Crippen molar-refractivity contribution < 1.29 is 14.3 Å². The van der Waals surface area contributed by atoms with Crippen molar-refractivity contribution in [2.24, 2.45) is 5.41 Å². The average Bonchev–Trinajstić information content (AvgIpc) is 3.15. The molecule has 0 radical (unpaired) electrons. The maximum Gasteiger partial charge on any atom is 0.407 e. The van der Waals surface area contributed by atoms with Crippen molar-refractivity contribution in [2.75, 3.05) is 13.7 Å². The first-order chi connectivity index (χ1) is 8.87. The maximum atomic E-state index is 12.9. The molecule has 0 aromatic rings. The highest BCUT2D eigenvalue weighted by molar-refractivity contribution is 5.95. The zero-order valence-electron chi connectivity index (χ0n) is 11.9. The van der Waals surface area contributed by atoms with Crippen molar-refractivity contribution in [3.63, 3.8) is 0 Å². The van der Waals surface area contributed by atoms with E-state index in [4.69, 9.17) is 0 Å². The van der Waals surface area contributed by atoms with E-state index < -0.39 is 11.6 Å². The lowest BCUT2D eigenvalue weighted by atomic mass is 10.0. The molecule has 106 valence electrons. The summed E-state index contributed by atoms with van der Waals surface area (Å²) in [5, 5.41) is 2.80. The molecule has 1 heterocycles. The number of carbonyl (C=O) groups excluding carboxylic acids is 2. The van der Waals surface area contributed by atoms with Gasteiger partial charge in [-0.1, -0.05) is 13.8 Å². The molecule has 5 heteroatoms. The molecule has 2 saturated carbocycles. The van der Waals surface area contributed by atoms with Gasteiger partial charge in [0.05, 0.1) is 7.11 Å². The molecule has 2 aliphatic carbocycles. The molecular weight excluding hydrogens is 244 g/mol. The predicted octanol–water partition coefficient (Wildman–Crippen LogP) is 1.67. The van der Waals surface area contributed by atoms with Crippen molar-refractivity contribution in [3.05, 3.63) is 0 Å². The van der Waals surface area contributed by atoms with Gasteiger partial charge in [0, 0.05) is 12.1 Å². The van der Waals surface area contributed by atoms with Gasteiger partial charge in [0.25, 0.3) is 0 Å². The third-order valence-electron chi connectivity index (χ3n) is 5.27. The number of rotatable bonds is 2. The average molecular weight is 266 g/mol. The molecule has 2 amide bonds. The molecule has 1 aliphatic heterocycles. The second-order valence-corrected chi connectivity index (χ2v) is 6.87. The summed E-state index contributed by atoms with van der Waals surface area (Å²) in [4.78, 5) is 26.5. The molecule has 5 nitrogen and oxygen atoms in total. The highest BCUT2D eigenvalue weighted by atomic mass is 16.5. The van der Waals surface area contributed by atoms with E-state index in [0.717, 1.165) is 32.2 Å². The Bertz CT molecular complexity index is 442. The van der Waals surface area contributed by atoms with Gasteiger partial charge in [-0.15, -0.1) is 0 Å². The Morgan fingerprint density at radius 1 is 1.21 bits per heavy atom. The van der Waals surface area contributed by atoms with E-state index in [0.29, 0.717) is 6.42 Å². The number of hydrogen-bond donors (Lipinski definition) is 1. The van der Waals surface area contributed by atoms with E-state index in [-0.39, 0.29) is 16.9 Å². The minimum atomic E-state index is -0.750. The van der Waals surface area contributed by atoms with Gasteiger partial charge in [0.1, 0.15) is 5.54 Å². The first-order valence-corrected chi connectivity index (χ1v) is 7.05. The van der Waals surface area contributed by atoms with Crippen molar-refractivity contribution >= 4 is 12.0 Å². The van der Waals surface area contributed by atoms with Crippen LogP contribution in [0.2, 0.25) is 0 Å². The van der Waals surface area contributed by atoms with Crippen LogP contribution >= 0.6 is 0 Å². The molecule has 0 aromatic carbocycles. The quantitative estimate of drug-likeness (QED) is 0.827. The van der Waals surface area contributed by atoms with Crippen LogP contribution in [0.5, 0.6) is 0 Å². The topological polar surface area (TPSA) is 58.6 Å². The van der Waals surface area contributed by atoms with Gasteiger partial charge in [-0.25, -0.2) is 4.79 Å². The Hall–Kier alpha value is -1.26. The summed E-state index contributed by atoms with van der Waals surface area (Å²) in [6.45, 7) is 4.88.